The van der Waals surface area contributed by atoms with Gasteiger partial charge in [0.15, 0.2) is 0 Å². The van der Waals surface area contributed by atoms with E-state index in [9.17, 15) is 8.42 Å². The van der Waals surface area contributed by atoms with E-state index >= 15 is 0 Å². The number of anilines is 1. The number of rotatable bonds is 3. The zero-order valence-electron chi connectivity index (χ0n) is 9.27. The highest BCUT2D eigenvalue weighted by atomic mass is 35.5. The van der Waals surface area contributed by atoms with E-state index in [1.165, 1.54) is 36.5 Å². The van der Waals surface area contributed by atoms with Gasteiger partial charge in [-0.15, -0.1) is 0 Å². The molecule has 0 amide bonds. The van der Waals surface area contributed by atoms with Crippen LogP contribution in [0, 0.1) is 0 Å². The quantitative estimate of drug-likeness (QED) is 0.866. The third-order valence-electron chi connectivity index (χ3n) is 2.12. The van der Waals surface area contributed by atoms with Crippen LogP contribution in [-0.2, 0) is 10.0 Å². The molecule has 8 heteroatoms. The lowest BCUT2D eigenvalue weighted by Gasteiger charge is -2.08. The van der Waals surface area contributed by atoms with Gasteiger partial charge in [-0.25, -0.2) is 13.4 Å². The van der Waals surface area contributed by atoms with Gasteiger partial charge in [-0.2, -0.15) is 0 Å². The van der Waals surface area contributed by atoms with Crippen molar-refractivity contribution in [3.05, 3.63) is 51.7 Å². The average Bonchev–Trinajstić information content (AvgIpc) is 2.26. The van der Waals surface area contributed by atoms with Gasteiger partial charge >= 0.3 is 0 Å². The van der Waals surface area contributed by atoms with Crippen molar-refractivity contribution in [1.29, 1.82) is 0 Å². The first-order valence-electron chi connectivity index (χ1n) is 4.97. The molecule has 0 saturated heterocycles. The Hall–Kier alpha value is -1.01. The van der Waals surface area contributed by atoms with Gasteiger partial charge < -0.3 is 0 Å². The third kappa shape index (κ3) is 3.73. The van der Waals surface area contributed by atoms with Crippen molar-refractivity contribution in [2.45, 2.75) is 4.90 Å². The number of nitrogens with zero attached hydrogens (tertiary/aromatic N) is 1. The molecule has 19 heavy (non-hydrogen) atoms. The molecule has 0 aliphatic rings. The first kappa shape index (κ1) is 14.4. The highest BCUT2D eigenvalue weighted by Crippen LogP contribution is 2.25. The van der Waals surface area contributed by atoms with E-state index in [1.807, 2.05) is 0 Å². The molecule has 2 aromatic rings. The number of pyridine rings is 1. The van der Waals surface area contributed by atoms with E-state index in [0.29, 0.717) is 10.0 Å². The SMILES string of the molecule is O=S(=O)(Nc1cc(Cl)cc(Cl)c1)c1ccnc(Cl)c1. The number of aromatic nitrogens is 1. The van der Waals surface area contributed by atoms with Crippen LogP contribution in [-0.4, -0.2) is 13.4 Å². The van der Waals surface area contributed by atoms with Crippen LogP contribution in [0.1, 0.15) is 0 Å². The molecular formula is C11H7Cl3N2O2S. The molecule has 100 valence electrons. The lowest BCUT2D eigenvalue weighted by molar-refractivity contribution is 0.601. The number of sulfonamides is 1. The summed E-state index contributed by atoms with van der Waals surface area (Å²) in [5, 5.41) is 0.753. The molecule has 0 radical (unpaired) electrons. The molecule has 0 atom stereocenters. The van der Waals surface area contributed by atoms with Gasteiger partial charge in [-0.3, -0.25) is 4.72 Å². The van der Waals surface area contributed by atoms with Crippen LogP contribution in [0.3, 0.4) is 0 Å². The molecule has 1 N–H and O–H groups in total. The highest BCUT2D eigenvalue weighted by Gasteiger charge is 2.15. The monoisotopic (exact) mass is 336 g/mol. The summed E-state index contributed by atoms with van der Waals surface area (Å²) in [6.07, 6.45) is 1.31. The molecule has 1 aromatic heterocycles. The largest absolute Gasteiger partial charge is 0.280 e. The summed E-state index contributed by atoms with van der Waals surface area (Å²) in [4.78, 5) is 3.72. The van der Waals surface area contributed by atoms with Gasteiger partial charge in [0.1, 0.15) is 5.15 Å². The fourth-order valence-electron chi connectivity index (χ4n) is 1.38. The van der Waals surface area contributed by atoms with E-state index in [-0.39, 0.29) is 15.7 Å². The molecule has 0 bridgehead atoms. The van der Waals surface area contributed by atoms with Crippen molar-refractivity contribution in [3.63, 3.8) is 0 Å². The normalized spacial score (nSPS) is 11.3. The van der Waals surface area contributed by atoms with Gasteiger partial charge in [-0.05, 0) is 30.3 Å². The number of hydrogen-bond acceptors (Lipinski definition) is 3. The minimum atomic E-state index is -3.76. The molecule has 0 saturated carbocycles. The van der Waals surface area contributed by atoms with Crippen molar-refractivity contribution < 1.29 is 8.42 Å². The summed E-state index contributed by atoms with van der Waals surface area (Å²) in [5.41, 5.74) is 0.269. The van der Waals surface area contributed by atoms with Gasteiger partial charge in [-0.1, -0.05) is 34.8 Å². The van der Waals surface area contributed by atoms with Crippen LogP contribution in [0.4, 0.5) is 5.69 Å². The molecule has 0 fully saturated rings. The van der Waals surface area contributed by atoms with Crippen molar-refractivity contribution >= 4 is 50.5 Å². The summed E-state index contributed by atoms with van der Waals surface area (Å²) in [6, 6.07) is 6.99. The van der Waals surface area contributed by atoms with Crippen LogP contribution >= 0.6 is 34.8 Å². The van der Waals surface area contributed by atoms with Crippen molar-refractivity contribution in [1.82, 2.24) is 4.98 Å². The highest BCUT2D eigenvalue weighted by molar-refractivity contribution is 7.92. The lowest BCUT2D eigenvalue weighted by atomic mass is 10.3. The second-order valence-electron chi connectivity index (χ2n) is 3.58. The Morgan fingerprint density at radius 1 is 1.00 bits per heavy atom. The standard InChI is InChI=1S/C11H7Cl3N2O2S/c12-7-3-8(13)5-9(4-7)16-19(17,18)10-1-2-15-11(14)6-10/h1-6,16H. The summed E-state index contributed by atoms with van der Waals surface area (Å²) in [5.74, 6) is 0. The van der Waals surface area contributed by atoms with E-state index < -0.39 is 10.0 Å². The van der Waals surface area contributed by atoms with Crippen LogP contribution < -0.4 is 4.72 Å². The van der Waals surface area contributed by atoms with Crippen LogP contribution in [0.25, 0.3) is 0 Å². The Balaban J connectivity index is 2.36. The zero-order chi connectivity index (χ0) is 14.0. The van der Waals surface area contributed by atoms with E-state index in [0.717, 1.165) is 0 Å². The number of halogens is 3. The molecule has 1 heterocycles. The van der Waals surface area contributed by atoms with E-state index in [2.05, 4.69) is 9.71 Å². The lowest BCUT2D eigenvalue weighted by Crippen LogP contribution is -2.13. The predicted molar refractivity (Wildman–Crippen MR) is 76.5 cm³/mol. The Morgan fingerprint density at radius 2 is 1.63 bits per heavy atom. The Kier molecular flexibility index (Phi) is 4.20. The average molecular weight is 338 g/mol. The van der Waals surface area contributed by atoms with Crippen molar-refractivity contribution in [2.75, 3.05) is 4.72 Å². The summed E-state index contributed by atoms with van der Waals surface area (Å²) >= 11 is 17.3. The molecule has 0 aliphatic carbocycles. The van der Waals surface area contributed by atoms with Crippen molar-refractivity contribution in [3.8, 4) is 0 Å². The Morgan fingerprint density at radius 3 is 2.21 bits per heavy atom. The van der Waals surface area contributed by atoms with Crippen molar-refractivity contribution in [2.24, 2.45) is 0 Å². The molecule has 2 rings (SSSR count). The second-order valence-corrected chi connectivity index (χ2v) is 6.52. The molecule has 1 aromatic carbocycles. The molecule has 0 spiro atoms. The minimum Gasteiger partial charge on any atom is -0.280 e. The maximum Gasteiger partial charge on any atom is 0.262 e. The van der Waals surface area contributed by atoms with Crippen LogP contribution in [0.2, 0.25) is 15.2 Å². The maximum absolute atomic E-state index is 12.1. The second kappa shape index (κ2) is 5.54. The van der Waals surface area contributed by atoms with Gasteiger partial charge in [0.25, 0.3) is 10.0 Å². The zero-order valence-corrected chi connectivity index (χ0v) is 12.4. The number of benzene rings is 1. The summed E-state index contributed by atoms with van der Waals surface area (Å²) in [7, 11) is -3.76. The topological polar surface area (TPSA) is 59.1 Å². The van der Waals surface area contributed by atoms with Gasteiger partial charge in [0.2, 0.25) is 0 Å². The summed E-state index contributed by atoms with van der Waals surface area (Å²) in [6.45, 7) is 0. The van der Waals surface area contributed by atoms with E-state index in [1.54, 1.807) is 0 Å². The molecule has 0 aliphatic heterocycles. The Bertz CT molecular complexity index is 699. The van der Waals surface area contributed by atoms with Crippen LogP contribution in [0.5, 0.6) is 0 Å². The van der Waals surface area contributed by atoms with Gasteiger partial charge in [0, 0.05) is 16.2 Å². The predicted octanol–water partition coefficient (Wildman–Crippen LogP) is 3.84. The Labute approximate surface area is 125 Å². The molecule has 4 nitrogen and oxygen atoms in total. The fraction of sp³-hybridized carbons (Fsp3) is 0. The number of nitrogens with one attached hydrogen (secondary N) is 1. The first-order chi connectivity index (χ1) is 8.87. The first-order valence-corrected chi connectivity index (χ1v) is 7.59. The fourth-order valence-corrected chi connectivity index (χ4v) is 3.20. The number of hydrogen-bond donors (Lipinski definition) is 1. The maximum atomic E-state index is 12.1. The van der Waals surface area contributed by atoms with Crippen LogP contribution in [0.15, 0.2) is 41.4 Å². The van der Waals surface area contributed by atoms with Gasteiger partial charge in [0.05, 0.1) is 10.6 Å². The molecular weight excluding hydrogens is 331 g/mol. The summed E-state index contributed by atoms with van der Waals surface area (Å²) < 4.78 is 26.5. The smallest absolute Gasteiger partial charge is 0.262 e. The third-order valence-corrected chi connectivity index (χ3v) is 4.15. The minimum absolute atomic E-state index is 0.00333. The molecule has 0 unspecified atom stereocenters. The van der Waals surface area contributed by atoms with E-state index in [4.69, 9.17) is 34.8 Å².